The van der Waals surface area contributed by atoms with Crippen molar-refractivity contribution in [1.82, 2.24) is 10.3 Å². The van der Waals surface area contributed by atoms with E-state index in [4.69, 9.17) is 0 Å². The summed E-state index contributed by atoms with van der Waals surface area (Å²) in [5.41, 5.74) is -0.785. The quantitative estimate of drug-likeness (QED) is 0.902. The molecule has 0 saturated carbocycles. The van der Waals surface area contributed by atoms with Gasteiger partial charge in [-0.3, -0.25) is 14.5 Å². The van der Waals surface area contributed by atoms with Gasteiger partial charge in [-0.1, -0.05) is 18.2 Å². The summed E-state index contributed by atoms with van der Waals surface area (Å²) in [6.07, 6.45) is -2.90. The van der Waals surface area contributed by atoms with E-state index in [2.05, 4.69) is 10.3 Å². The number of hydrogen-bond donors (Lipinski definition) is 1. The molecule has 25 heavy (non-hydrogen) atoms. The Balaban J connectivity index is 1.64. The van der Waals surface area contributed by atoms with Gasteiger partial charge in [0.05, 0.1) is 11.5 Å². The number of benzene rings is 1. The topological polar surface area (TPSA) is 62.3 Å². The number of carbonyl (C=O) groups excluding carboxylic acids is 2. The van der Waals surface area contributed by atoms with Gasteiger partial charge in [0, 0.05) is 31.1 Å². The van der Waals surface area contributed by atoms with Crippen LogP contribution in [0.5, 0.6) is 0 Å². The highest BCUT2D eigenvalue weighted by atomic mass is 32.1. The van der Waals surface area contributed by atoms with Gasteiger partial charge in [0.15, 0.2) is 5.13 Å². The number of anilines is 1. The highest BCUT2D eigenvalue weighted by Gasteiger charge is 2.37. The van der Waals surface area contributed by atoms with Crippen LogP contribution in [0.25, 0.3) is 0 Å². The van der Waals surface area contributed by atoms with Crippen LogP contribution in [0.4, 0.5) is 18.3 Å². The molecule has 2 aromatic rings. The zero-order valence-electron chi connectivity index (χ0n) is 12.9. The number of carbonyl (C=O) groups is 2. The number of halogens is 3. The van der Waals surface area contributed by atoms with Crippen LogP contribution in [-0.4, -0.2) is 23.3 Å². The third-order valence-corrected chi connectivity index (χ3v) is 4.72. The molecule has 9 heteroatoms. The molecule has 0 spiro atoms. The lowest BCUT2D eigenvalue weighted by Gasteiger charge is -2.15. The second-order valence-corrected chi connectivity index (χ2v) is 6.47. The van der Waals surface area contributed by atoms with Crippen LogP contribution in [-0.2, 0) is 22.3 Å². The van der Waals surface area contributed by atoms with Crippen molar-refractivity contribution in [3.8, 4) is 0 Å². The first-order valence-corrected chi connectivity index (χ1v) is 8.37. The predicted molar refractivity (Wildman–Crippen MR) is 85.9 cm³/mol. The Hall–Kier alpha value is -2.42. The summed E-state index contributed by atoms with van der Waals surface area (Å²) in [7, 11) is 0. The summed E-state index contributed by atoms with van der Waals surface area (Å²) in [6, 6.07) is 5.09. The minimum absolute atomic E-state index is 0.00977. The molecule has 1 aromatic heterocycles. The zero-order chi connectivity index (χ0) is 18.0. The minimum atomic E-state index is -4.48. The zero-order valence-corrected chi connectivity index (χ0v) is 13.7. The summed E-state index contributed by atoms with van der Waals surface area (Å²) in [4.78, 5) is 29.7. The summed E-state index contributed by atoms with van der Waals surface area (Å²) in [5.74, 6) is -1.26. The molecule has 0 radical (unpaired) electrons. The number of nitrogens with zero attached hydrogens (tertiary/aromatic N) is 2. The van der Waals surface area contributed by atoms with E-state index in [1.165, 1.54) is 34.4 Å². The molecule has 1 saturated heterocycles. The van der Waals surface area contributed by atoms with Crippen LogP contribution in [0.1, 0.15) is 17.5 Å². The lowest BCUT2D eigenvalue weighted by atomic mass is 10.1. The third kappa shape index (κ3) is 3.81. The standard InChI is InChI=1S/C16H14F3N3O2S/c17-16(18,19)12-4-2-1-3-10(12)8-21-14(24)11-7-13(23)22(9-11)15-20-5-6-25-15/h1-6,11H,7-9H2,(H,21,24). The number of alkyl halides is 3. The molecule has 0 aliphatic carbocycles. The molecular weight excluding hydrogens is 355 g/mol. The summed E-state index contributed by atoms with van der Waals surface area (Å²) < 4.78 is 38.9. The molecule has 0 bridgehead atoms. The minimum Gasteiger partial charge on any atom is -0.352 e. The van der Waals surface area contributed by atoms with Crippen LogP contribution in [0, 0.1) is 5.92 Å². The van der Waals surface area contributed by atoms with Gasteiger partial charge in [0.25, 0.3) is 0 Å². The van der Waals surface area contributed by atoms with Crippen molar-refractivity contribution in [1.29, 1.82) is 0 Å². The first kappa shape index (κ1) is 17.4. The highest BCUT2D eigenvalue weighted by molar-refractivity contribution is 7.13. The highest BCUT2D eigenvalue weighted by Crippen LogP contribution is 2.32. The van der Waals surface area contributed by atoms with Crippen LogP contribution < -0.4 is 10.2 Å². The Morgan fingerprint density at radius 1 is 1.36 bits per heavy atom. The van der Waals surface area contributed by atoms with Gasteiger partial charge in [-0.25, -0.2) is 4.98 Å². The first-order valence-electron chi connectivity index (χ1n) is 7.49. The van der Waals surface area contributed by atoms with Crippen molar-refractivity contribution in [2.45, 2.75) is 19.1 Å². The van der Waals surface area contributed by atoms with E-state index in [9.17, 15) is 22.8 Å². The number of aromatic nitrogens is 1. The fourth-order valence-corrected chi connectivity index (χ4v) is 3.36. The van der Waals surface area contributed by atoms with Crippen LogP contribution >= 0.6 is 11.3 Å². The maximum Gasteiger partial charge on any atom is 0.416 e. The molecule has 2 amide bonds. The Morgan fingerprint density at radius 3 is 2.80 bits per heavy atom. The number of rotatable bonds is 4. The molecule has 1 aromatic carbocycles. The maximum atomic E-state index is 13.0. The van der Waals surface area contributed by atoms with Crippen molar-refractivity contribution in [2.24, 2.45) is 5.92 Å². The molecule has 1 atom stereocenters. The van der Waals surface area contributed by atoms with Crippen molar-refractivity contribution >= 4 is 28.3 Å². The average Bonchev–Trinajstić information content (AvgIpc) is 3.21. The van der Waals surface area contributed by atoms with Crippen LogP contribution in [0.2, 0.25) is 0 Å². The van der Waals surface area contributed by atoms with E-state index in [0.717, 1.165) is 6.07 Å². The van der Waals surface area contributed by atoms with E-state index >= 15 is 0 Å². The molecule has 132 valence electrons. The molecule has 1 unspecified atom stereocenters. The molecular formula is C16H14F3N3O2S. The monoisotopic (exact) mass is 369 g/mol. The fourth-order valence-electron chi connectivity index (χ4n) is 2.70. The number of amides is 2. The molecule has 5 nitrogen and oxygen atoms in total. The number of nitrogens with one attached hydrogen (secondary N) is 1. The second-order valence-electron chi connectivity index (χ2n) is 5.59. The molecule has 3 rings (SSSR count). The van der Waals surface area contributed by atoms with Crippen LogP contribution in [0.3, 0.4) is 0 Å². The SMILES string of the molecule is O=C(NCc1ccccc1C(F)(F)F)C1CC(=O)N(c2nccs2)C1. The first-order chi connectivity index (χ1) is 11.9. The Morgan fingerprint density at radius 2 is 2.12 bits per heavy atom. The fraction of sp³-hybridized carbons (Fsp3) is 0.312. The molecule has 1 aliphatic heterocycles. The molecule has 1 aliphatic rings. The number of thiazole rings is 1. The van der Waals surface area contributed by atoms with E-state index in [1.807, 2.05) is 0 Å². The van der Waals surface area contributed by atoms with Gasteiger partial charge in [0.2, 0.25) is 11.8 Å². The maximum absolute atomic E-state index is 13.0. The van der Waals surface area contributed by atoms with Gasteiger partial charge < -0.3 is 5.32 Å². The Bertz CT molecular complexity index is 777. The van der Waals surface area contributed by atoms with E-state index in [-0.39, 0.29) is 31.0 Å². The van der Waals surface area contributed by atoms with Gasteiger partial charge in [-0.15, -0.1) is 11.3 Å². The summed E-state index contributed by atoms with van der Waals surface area (Å²) in [6.45, 7) is -0.0600. The molecule has 1 fully saturated rings. The Labute approximate surface area is 145 Å². The average molecular weight is 369 g/mol. The van der Waals surface area contributed by atoms with Gasteiger partial charge >= 0.3 is 6.18 Å². The van der Waals surface area contributed by atoms with Crippen LogP contribution in [0.15, 0.2) is 35.8 Å². The van der Waals surface area contributed by atoms with Gasteiger partial charge in [-0.2, -0.15) is 13.2 Å². The van der Waals surface area contributed by atoms with E-state index in [1.54, 1.807) is 11.6 Å². The largest absolute Gasteiger partial charge is 0.416 e. The molecule has 1 N–H and O–H groups in total. The van der Waals surface area contributed by atoms with Crippen molar-refractivity contribution in [3.05, 3.63) is 47.0 Å². The predicted octanol–water partition coefficient (Wildman–Crippen LogP) is 2.83. The van der Waals surface area contributed by atoms with E-state index in [0.29, 0.717) is 5.13 Å². The molecule has 2 heterocycles. The van der Waals surface area contributed by atoms with Gasteiger partial charge in [0.1, 0.15) is 0 Å². The summed E-state index contributed by atoms with van der Waals surface area (Å²) >= 11 is 1.29. The number of hydrogen-bond acceptors (Lipinski definition) is 4. The smallest absolute Gasteiger partial charge is 0.352 e. The van der Waals surface area contributed by atoms with Crippen molar-refractivity contribution < 1.29 is 22.8 Å². The lowest BCUT2D eigenvalue weighted by Crippen LogP contribution is -2.33. The second kappa shape index (κ2) is 6.83. The summed E-state index contributed by atoms with van der Waals surface area (Å²) in [5, 5.41) is 4.75. The van der Waals surface area contributed by atoms with Gasteiger partial charge in [-0.05, 0) is 11.6 Å². The normalized spacial score (nSPS) is 17.8. The van der Waals surface area contributed by atoms with Crippen molar-refractivity contribution in [3.63, 3.8) is 0 Å². The lowest BCUT2D eigenvalue weighted by molar-refractivity contribution is -0.138. The third-order valence-electron chi connectivity index (χ3n) is 3.92. The Kier molecular flexibility index (Phi) is 4.76. The van der Waals surface area contributed by atoms with E-state index < -0.39 is 23.6 Å². The van der Waals surface area contributed by atoms with Crippen molar-refractivity contribution in [2.75, 3.05) is 11.4 Å².